The van der Waals surface area contributed by atoms with Crippen LogP contribution in [0, 0.1) is 13.8 Å². The van der Waals surface area contributed by atoms with Crippen molar-refractivity contribution < 1.29 is 14.1 Å². The topological polar surface area (TPSA) is 65.2 Å². The van der Waals surface area contributed by atoms with Crippen LogP contribution in [0.15, 0.2) is 10.6 Å². The lowest BCUT2D eigenvalue weighted by atomic mass is 9.96. The van der Waals surface area contributed by atoms with Crippen molar-refractivity contribution in [3.05, 3.63) is 33.1 Å². The Morgan fingerprint density at radius 3 is 2.52 bits per heavy atom. The molecule has 0 saturated carbocycles. The number of ether oxygens (including phenoxy) is 1. The van der Waals surface area contributed by atoms with Crippen molar-refractivity contribution in [2.75, 3.05) is 0 Å². The Morgan fingerprint density at radius 2 is 2.05 bits per heavy atom. The second kappa shape index (κ2) is 5.60. The van der Waals surface area contributed by atoms with Gasteiger partial charge in [-0.05, 0) is 26.8 Å². The lowest BCUT2D eigenvalue weighted by molar-refractivity contribution is 0.0265. The molecule has 6 heteroatoms. The first-order chi connectivity index (χ1) is 9.68. The molecule has 0 radical (unpaired) electrons. The monoisotopic (exact) mass is 308 g/mol. The number of thiophene rings is 1. The van der Waals surface area contributed by atoms with E-state index in [1.807, 2.05) is 40.7 Å². The Balaban J connectivity index is 2.11. The van der Waals surface area contributed by atoms with Gasteiger partial charge in [0.05, 0.1) is 5.56 Å². The number of hydrogen-bond donors (Lipinski definition) is 0. The van der Waals surface area contributed by atoms with E-state index in [0.717, 1.165) is 9.75 Å². The highest BCUT2D eigenvalue weighted by molar-refractivity contribution is 7.12. The zero-order valence-electron chi connectivity index (χ0n) is 13.2. The van der Waals surface area contributed by atoms with Crippen molar-refractivity contribution in [1.29, 1.82) is 0 Å². The Labute approximate surface area is 128 Å². The van der Waals surface area contributed by atoms with Gasteiger partial charge in [0.2, 0.25) is 0 Å². The van der Waals surface area contributed by atoms with E-state index >= 15 is 0 Å². The van der Waals surface area contributed by atoms with Crippen molar-refractivity contribution in [3.8, 4) is 0 Å². The molecule has 0 fully saturated rings. The highest BCUT2D eigenvalue weighted by Crippen LogP contribution is 2.25. The van der Waals surface area contributed by atoms with Crippen molar-refractivity contribution in [2.24, 2.45) is 0 Å². The van der Waals surface area contributed by atoms with E-state index in [1.54, 1.807) is 18.3 Å². The third-order valence-corrected chi connectivity index (χ3v) is 3.97. The standard InChI is InChI=1S/C15H20N2O3S/c1-8-7-11(10(3)21-8)13(18)19-9(2)12-16-14(17-20-12)15(4,5)6/h7,9H,1-6H3. The second-order valence-corrected chi connectivity index (χ2v) is 7.54. The summed E-state index contributed by atoms with van der Waals surface area (Å²) in [6.07, 6.45) is -0.569. The van der Waals surface area contributed by atoms with Crippen molar-refractivity contribution in [3.63, 3.8) is 0 Å². The summed E-state index contributed by atoms with van der Waals surface area (Å²) in [5.74, 6) is 0.556. The molecule has 2 heterocycles. The van der Waals surface area contributed by atoms with Gasteiger partial charge in [0.15, 0.2) is 11.9 Å². The zero-order valence-corrected chi connectivity index (χ0v) is 14.0. The predicted octanol–water partition coefficient (Wildman–Crippen LogP) is 3.96. The van der Waals surface area contributed by atoms with Crippen LogP contribution in [0.4, 0.5) is 0 Å². The van der Waals surface area contributed by atoms with Gasteiger partial charge in [0.25, 0.3) is 5.89 Å². The van der Waals surface area contributed by atoms with E-state index in [9.17, 15) is 4.79 Å². The maximum Gasteiger partial charge on any atom is 0.340 e. The van der Waals surface area contributed by atoms with Crippen LogP contribution in [0.3, 0.4) is 0 Å². The zero-order chi connectivity index (χ0) is 15.8. The van der Waals surface area contributed by atoms with Gasteiger partial charge in [-0.25, -0.2) is 4.79 Å². The average molecular weight is 308 g/mol. The molecule has 0 aliphatic heterocycles. The molecule has 0 N–H and O–H groups in total. The molecule has 0 saturated heterocycles. The van der Waals surface area contributed by atoms with Crippen LogP contribution in [-0.2, 0) is 10.2 Å². The quantitative estimate of drug-likeness (QED) is 0.803. The van der Waals surface area contributed by atoms with Crippen LogP contribution in [0.5, 0.6) is 0 Å². The van der Waals surface area contributed by atoms with E-state index in [4.69, 9.17) is 9.26 Å². The van der Waals surface area contributed by atoms with Crippen LogP contribution < -0.4 is 0 Å². The third kappa shape index (κ3) is 3.50. The number of hydrogen-bond acceptors (Lipinski definition) is 6. The molecule has 21 heavy (non-hydrogen) atoms. The number of aromatic nitrogens is 2. The highest BCUT2D eigenvalue weighted by atomic mass is 32.1. The number of carbonyl (C=O) groups is 1. The molecule has 0 amide bonds. The minimum absolute atomic E-state index is 0.202. The third-order valence-electron chi connectivity index (χ3n) is 3.01. The van der Waals surface area contributed by atoms with E-state index in [1.165, 1.54) is 0 Å². The van der Waals surface area contributed by atoms with Gasteiger partial charge in [-0.15, -0.1) is 11.3 Å². The number of carbonyl (C=O) groups excluding carboxylic acids is 1. The summed E-state index contributed by atoms with van der Waals surface area (Å²) < 4.78 is 10.6. The van der Waals surface area contributed by atoms with Crippen LogP contribution in [0.2, 0.25) is 0 Å². The maximum atomic E-state index is 12.2. The molecule has 2 rings (SSSR count). The van der Waals surface area contributed by atoms with Gasteiger partial charge in [0, 0.05) is 15.2 Å². The fourth-order valence-corrected chi connectivity index (χ4v) is 2.72. The Kier molecular flexibility index (Phi) is 4.18. The summed E-state index contributed by atoms with van der Waals surface area (Å²) in [7, 11) is 0. The Hall–Kier alpha value is -1.69. The molecule has 2 aromatic rings. The predicted molar refractivity (Wildman–Crippen MR) is 80.6 cm³/mol. The van der Waals surface area contributed by atoms with Crippen molar-refractivity contribution >= 4 is 17.3 Å². The van der Waals surface area contributed by atoms with Gasteiger partial charge < -0.3 is 9.26 Å². The minimum Gasteiger partial charge on any atom is -0.449 e. The van der Waals surface area contributed by atoms with Crippen molar-refractivity contribution in [1.82, 2.24) is 10.1 Å². The van der Waals surface area contributed by atoms with Gasteiger partial charge >= 0.3 is 5.97 Å². The lowest BCUT2D eigenvalue weighted by Crippen LogP contribution is -2.14. The van der Waals surface area contributed by atoms with Gasteiger partial charge in [-0.3, -0.25) is 0 Å². The van der Waals surface area contributed by atoms with Crippen LogP contribution in [-0.4, -0.2) is 16.1 Å². The van der Waals surface area contributed by atoms with Crippen LogP contribution in [0.1, 0.15) is 65.6 Å². The number of nitrogens with zero attached hydrogens (tertiary/aromatic N) is 2. The normalized spacial score (nSPS) is 13.2. The Bertz CT molecular complexity index is 652. The van der Waals surface area contributed by atoms with E-state index < -0.39 is 6.10 Å². The molecule has 2 aromatic heterocycles. The molecule has 1 atom stereocenters. The smallest absolute Gasteiger partial charge is 0.340 e. The highest BCUT2D eigenvalue weighted by Gasteiger charge is 2.25. The van der Waals surface area contributed by atoms with E-state index in [-0.39, 0.29) is 11.4 Å². The van der Waals surface area contributed by atoms with Gasteiger partial charge in [0.1, 0.15) is 0 Å². The summed E-state index contributed by atoms with van der Waals surface area (Å²) in [5.41, 5.74) is 0.395. The summed E-state index contributed by atoms with van der Waals surface area (Å²) in [6.45, 7) is 11.6. The van der Waals surface area contributed by atoms with E-state index in [2.05, 4.69) is 10.1 Å². The largest absolute Gasteiger partial charge is 0.449 e. The van der Waals surface area contributed by atoms with E-state index in [0.29, 0.717) is 17.3 Å². The van der Waals surface area contributed by atoms with Crippen LogP contribution >= 0.6 is 11.3 Å². The Morgan fingerprint density at radius 1 is 1.38 bits per heavy atom. The van der Waals surface area contributed by atoms with Gasteiger partial charge in [-0.2, -0.15) is 4.98 Å². The van der Waals surface area contributed by atoms with Crippen LogP contribution in [0.25, 0.3) is 0 Å². The molecule has 0 aromatic carbocycles. The fraction of sp³-hybridized carbons (Fsp3) is 0.533. The number of rotatable bonds is 3. The molecule has 1 unspecified atom stereocenters. The minimum atomic E-state index is -0.569. The molecular weight excluding hydrogens is 288 g/mol. The first-order valence-electron chi connectivity index (χ1n) is 6.80. The van der Waals surface area contributed by atoms with Crippen molar-refractivity contribution in [2.45, 2.75) is 53.1 Å². The molecule has 0 aliphatic rings. The molecule has 5 nitrogen and oxygen atoms in total. The first-order valence-corrected chi connectivity index (χ1v) is 7.62. The maximum absolute atomic E-state index is 12.2. The SMILES string of the molecule is Cc1cc(C(=O)OC(C)c2nc(C(C)(C)C)no2)c(C)s1. The molecule has 0 spiro atoms. The summed E-state index contributed by atoms with van der Waals surface area (Å²) in [5, 5.41) is 3.93. The first kappa shape index (κ1) is 15.7. The summed E-state index contributed by atoms with van der Waals surface area (Å²) in [4.78, 5) is 18.5. The average Bonchev–Trinajstić information content (AvgIpc) is 2.95. The molecule has 0 bridgehead atoms. The summed E-state index contributed by atoms with van der Waals surface area (Å²) >= 11 is 1.58. The summed E-state index contributed by atoms with van der Waals surface area (Å²) in [6, 6.07) is 1.84. The number of esters is 1. The fourth-order valence-electron chi connectivity index (χ4n) is 1.81. The second-order valence-electron chi connectivity index (χ2n) is 6.08. The van der Waals surface area contributed by atoms with Gasteiger partial charge in [-0.1, -0.05) is 25.9 Å². The molecule has 0 aliphatic carbocycles. The number of aryl methyl sites for hydroxylation is 2. The lowest BCUT2D eigenvalue weighted by Gasteiger charge is -2.11. The molecular formula is C15H20N2O3S. The molecule has 114 valence electrons.